The summed E-state index contributed by atoms with van der Waals surface area (Å²) in [4.78, 5) is 30.9. The van der Waals surface area contributed by atoms with Crippen LogP contribution in [-0.4, -0.2) is 53.8 Å². The van der Waals surface area contributed by atoms with Gasteiger partial charge in [0, 0.05) is 41.8 Å². The fourth-order valence-corrected chi connectivity index (χ4v) is 4.02. The van der Waals surface area contributed by atoms with Gasteiger partial charge >= 0.3 is 0 Å². The first-order chi connectivity index (χ1) is 12.4. The minimum absolute atomic E-state index is 0.0686. The summed E-state index contributed by atoms with van der Waals surface area (Å²) < 4.78 is 0. The van der Waals surface area contributed by atoms with Gasteiger partial charge < -0.3 is 10.2 Å². The lowest BCUT2D eigenvalue weighted by atomic mass is 10.2. The van der Waals surface area contributed by atoms with Gasteiger partial charge in [0.1, 0.15) is 0 Å². The Morgan fingerprint density at radius 2 is 1.88 bits per heavy atom. The molecule has 1 aliphatic rings. The summed E-state index contributed by atoms with van der Waals surface area (Å²) in [6, 6.07) is 10.7. The summed E-state index contributed by atoms with van der Waals surface area (Å²) in [6.07, 6.45) is 0. The Bertz CT molecular complexity index is 800. The predicted molar refractivity (Wildman–Crippen MR) is 106 cm³/mol. The van der Waals surface area contributed by atoms with Crippen LogP contribution in [0.4, 0.5) is 5.69 Å². The van der Waals surface area contributed by atoms with E-state index in [9.17, 15) is 9.59 Å². The third-order valence-corrected chi connectivity index (χ3v) is 5.80. The molecule has 5 nitrogen and oxygen atoms in total. The van der Waals surface area contributed by atoms with E-state index in [-0.39, 0.29) is 17.9 Å². The molecule has 1 saturated heterocycles. The molecule has 1 N–H and O–H groups in total. The number of aryl methyl sites for hydroxylation is 1. The van der Waals surface area contributed by atoms with E-state index in [1.165, 1.54) is 11.3 Å². The Kier molecular flexibility index (Phi) is 5.96. The molecule has 0 aliphatic carbocycles. The molecule has 0 bridgehead atoms. The van der Waals surface area contributed by atoms with Crippen LogP contribution in [0.2, 0.25) is 5.02 Å². The Labute approximate surface area is 162 Å². The number of amides is 2. The van der Waals surface area contributed by atoms with Gasteiger partial charge in [-0.25, -0.2) is 0 Å². The number of halogens is 1. The summed E-state index contributed by atoms with van der Waals surface area (Å²) in [5.41, 5.74) is 0.691. The fourth-order valence-electron chi connectivity index (χ4n) is 3.00. The topological polar surface area (TPSA) is 52.7 Å². The third kappa shape index (κ3) is 4.44. The summed E-state index contributed by atoms with van der Waals surface area (Å²) in [5, 5.41) is 3.49. The van der Waals surface area contributed by atoms with Gasteiger partial charge in [-0.05, 0) is 44.2 Å². The van der Waals surface area contributed by atoms with Crippen LogP contribution in [0.3, 0.4) is 0 Å². The maximum Gasteiger partial charge on any atom is 0.264 e. The van der Waals surface area contributed by atoms with Crippen LogP contribution in [0.15, 0.2) is 36.4 Å². The molecular weight excluding hydrogens is 370 g/mol. The van der Waals surface area contributed by atoms with Gasteiger partial charge in [-0.3, -0.25) is 14.5 Å². The molecular formula is C19H22ClN3O2S. The highest BCUT2D eigenvalue weighted by Crippen LogP contribution is 2.19. The van der Waals surface area contributed by atoms with Crippen LogP contribution in [0.1, 0.15) is 21.5 Å². The van der Waals surface area contributed by atoms with E-state index in [0.29, 0.717) is 36.9 Å². The Morgan fingerprint density at radius 1 is 1.15 bits per heavy atom. The second kappa shape index (κ2) is 8.20. The molecule has 2 aromatic rings. The van der Waals surface area contributed by atoms with Crippen LogP contribution >= 0.6 is 22.9 Å². The van der Waals surface area contributed by atoms with Crippen molar-refractivity contribution in [3.05, 3.63) is 51.2 Å². The standard InChI is InChI=1S/C19H22ClN3O2S/c1-13-6-7-17(26-13)19(25)23-10-8-22(9-11-23)14(2)18(24)21-16-5-3-4-15(20)12-16/h3-7,12,14H,8-11H2,1-2H3,(H,21,24). The van der Waals surface area contributed by atoms with Crippen LogP contribution in [-0.2, 0) is 4.79 Å². The number of hydrogen-bond donors (Lipinski definition) is 1. The SMILES string of the molecule is Cc1ccc(C(=O)N2CCN(C(C)C(=O)Nc3cccc(Cl)c3)CC2)s1. The highest BCUT2D eigenvalue weighted by Gasteiger charge is 2.28. The lowest BCUT2D eigenvalue weighted by molar-refractivity contribution is -0.121. The molecule has 3 rings (SSSR count). The number of piperazine rings is 1. The van der Waals surface area contributed by atoms with E-state index in [4.69, 9.17) is 11.6 Å². The van der Waals surface area contributed by atoms with E-state index < -0.39 is 0 Å². The average molecular weight is 392 g/mol. The highest BCUT2D eigenvalue weighted by atomic mass is 35.5. The van der Waals surface area contributed by atoms with Crippen molar-refractivity contribution in [2.75, 3.05) is 31.5 Å². The Balaban J connectivity index is 1.53. The minimum atomic E-state index is -0.268. The third-order valence-electron chi connectivity index (χ3n) is 4.57. The van der Waals surface area contributed by atoms with Gasteiger partial charge in [-0.15, -0.1) is 11.3 Å². The van der Waals surface area contributed by atoms with Crippen molar-refractivity contribution in [2.45, 2.75) is 19.9 Å². The number of rotatable bonds is 4. The van der Waals surface area contributed by atoms with Crippen molar-refractivity contribution in [2.24, 2.45) is 0 Å². The number of carbonyl (C=O) groups excluding carboxylic acids is 2. The van der Waals surface area contributed by atoms with Crippen molar-refractivity contribution in [1.82, 2.24) is 9.80 Å². The van der Waals surface area contributed by atoms with Crippen LogP contribution < -0.4 is 5.32 Å². The molecule has 7 heteroatoms. The van der Waals surface area contributed by atoms with Crippen molar-refractivity contribution in [3.8, 4) is 0 Å². The van der Waals surface area contributed by atoms with Crippen molar-refractivity contribution in [1.29, 1.82) is 0 Å². The molecule has 2 amide bonds. The number of thiophene rings is 1. The fraction of sp³-hybridized carbons (Fsp3) is 0.368. The smallest absolute Gasteiger partial charge is 0.264 e. The second-order valence-electron chi connectivity index (χ2n) is 6.41. The summed E-state index contributed by atoms with van der Waals surface area (Å²) in [7, 11) is 0. The molecule has 1 unspecified atom stereocenters. The zero-order valence-corrected chi connectivity index (χ0v) is 16.4. The first-order valence-corrected chi connectivity index (χ1v) is 9.79. The molecule has 0 radical (unpaired) electrons. The number of hydrogen-bond acceptors (Lipinski definition) is 4. The number of benzene rings is 1. The van der Waals surface area contributed by atoms with Crippen molar-refractivity contribution >= 4 is 40.4 Å². The molecule has 2 heterocycles. The van der Waals surface area contributed by atoms with Gasteiger partial charge in [-0.1, -0.05) is 17.7 Å². The minimum Gasteiger partial charge on any atom is -0.335 e. The quantitative estimate of drug-likeness (QED) is 0.867. The predicted octanol–water partition coefficient (Wildman–Crippen LogP) is 3.49. The molecule has 26 heavy (non-hydrogen) atoms. The van der Waals surface area contributed by atoms with Gasteiger partial charge in [-0.2, -0.15) is 0 Å². The maximum absolute atomic E-state index is 12.5. The molecule has 138 valence electrons. The summed E-state index contributed by atoms with van der Waals surface area (Å²) >= 11 is 7.48. The molecule has 1 fully saturated rings. The van der Waals surface area contributed by atoms with Crippen molar-refractivity contribution in [3.63, 3.8) is 0 Å². The zero-order chi connectivity index (χ0) is 18.7. The normalized spacial score (nSPS) is 16.3. The van der Waals surface area contributed by atoms with Gasteiger partial charge in [0.05, 0.1) is 10.9 Å². The molecule has 1 aromatic heterocycles. The Morgan fingerprint density at radius 3 is 2.50 bits per heavy atom. The zero-order valence-electron chi connectivity index (χ0n) is 14.9. The second-order valence-corrected chi connectivity index (χ2v) is 8.14. The molecule has 1 aliphatic heterocycles. The van der Waals surface area contributed by atoms with E-state index in [2.05, 4.69) is 10.2 Å². The lowest BCUT2D eigenvalue weighted by Crippen LogP contribution is -2.53. The maximum atomic E-state index is 12.5. The largest absolute Gasteiger partial charge is 0.335 e. The first-order valence-electron chi connectivity index (χ1n) is 8.60. The highest BCUT2D eigenvalue weighted by molar-refractivity contribution is 7.13. The van der Waals surface area contributed by atoms with Gasteiger partial charge in [0.25, 0.3) is 5.91 Å². The van der Waals surface area contributed by atoms with Gasteiger partial charge in [0.15, 0.2) is 0 Å². The number of nitrogens with zero attached hydrogens (tertiary/aromatic N) is 2. The molecule has 1 atom stereocenters. The monoisotopic (exact) mass is 391 g/mol. The van der Waals surface area contributed by atoms with E-state index in [1.807, 2.05) is 36.9 Å². The van der Waals surface area contributed by atoms with E-state index in [1.54, 1.807) is 18.2 Å². The average Bonchev–Trinajstić information content (AvgIpc) is 3.07. The molecule has 0 spiro atoms. The molecule has 0 saturated carbocycles. The van der Waals surface area contributed by atoms with Crippen LogP contribution in [0.25, 0.3) is 0 Å². The van der Waals surface area contributed by atoms with E-state index in [0.717, 1.165) is 9.75 Å². The van der Waals surface area contributed by atoms with Crippen LogP contribution in [0, 0.1) is 6.92 Å². The summed E-state index contributed by atoms with van der Waals surface area (Å²) in [5.74, 6) is 0.0136. The van der Waals surface area contributed by atoms with Crippen LogP contribution in [0.5, 0.6) is 0 Å². The summed E-state index contributed by atoms with van der Waals surface area (Å²) in [6.45, 7) is 6.51. The van der Waals surface area contributed by atoms with E-state index >= 15 is 0 Å². The van der Waals surface area contributed by atoms with Gasteiger partial charge in [0.2, 0.25) is 5.91 Å². The van der Waals surface area contributed by atoms with Crippen molar-refractivity contribution < 1.29 is 9.59 Å². The lowest BCUT2D eigenvalue weighted by Gasteiger charge is -2.37. The molecule has 1 aromatic carbocycles. The number of anilines is 1. The Hall–Kier alpha value is -1.89. The first kappa shape index (κ1) is 18.9. The number of carbonyl (C=O) groups is 2. The number of nitrogens with one attached hydrogen (secondary N) is 1.